The molecule has 3 aromatic rings. The third-order valence-electron chi connectivity index (χ3n) is 6.27. The summed E-state index contributed by atoms with van der Waals surface area (Å²) in [7, 11) is 0. The predicted molar refractivity (Wildman–Crippen MR) is 139 cm³/mol. The summed E-state index contributed by atoms with van der Waals surface area (Å²) in [5.41, 5.74) is 1.06. The lowest BCUT2D eigenvalue weighted by Gasteiger charge is -2.26. The first-order valence-corrected chi connectivity index (χ1v) is 12.3. The molecule has 2 aliphatic rings. The molecular formula is C29H27NO8. The molecule has 0 aromatic heterocycles. The van der Waals surface area contributed by atoms with Crippen molar-refractivity contribution >= 4 is 23.1 Å². The molecule has 1 unspecified atom stereocenters. The summed E-state index contributed by atoms with van der Waals surface area (Å²) in [4.78, 5) is 28.3. The van der Waals surface area contributed by atoms with Gasteiger partial charge in [0.1, 0.15) is 24.7 Å². The van der Waals surface area contributed by atoms with Gasteiger partial charge in [-0.05, 0) is 61.9 Å². The highest BCUT2D eigenvalue weighted by Gasteiger charge is 2.47. The van der Waals surface area contributed by atoms with Gasteiger partial charge in [-0.25, -0.2) is 0 Å². The molecule has 0 saturated carbocycles. The first-order chi connectivity index (χ1) is 18.4. The average molecular weight is 518 g/mol. The summed E-state index contributed by atoms with van der Waals surface area (Å²) < 4.78 is 22.4. The highest BCUT2D eigenvalue weighted by atomic mass is 16.6. The van der Waals surface area contributed by atoms with Crippen LogP contribution in [-0.2, 0) is 9.59 Å². The Hall–Kier alpha value is -4.66. The van der Waals surface area contributed by atoms with E-state index in [-0.39, 0.29) is 22.8 Å². The molecule has 9 heteroatoms. The third-order valence-corrected chi connectivity index (χ3v) is 6.27. The summed E-state index contributed by atoms with van der Waals surface area (Å²) in [6.07, 6.45) is 0. The minimum atomic E-state index is -1.01. The molecule has 2 N–H and O–H groups in total. The first kappa shape index (κ1) is 25.0. The third kappa shape index (κ3) is 4.47. The number of phenols is 1. The lowest BCUT2D eigenvalue weighted by molar-refractivity contribution is -0.132. The van der Waals surface area contributed by atoms with E-state index < -0.39 is 17.7 Å². The minimum Gasteiger partial charge on any atom is -0.507 e. The first-order valence-electron chi connectivity index (χ1n) is 12.3. The summed E-state index contributed by atoms with van der Waals surface area (Å²) >= 11 is 0. The van der Waals surface area contributed by atoms with Gasteiger partial charge in [-0.15, -0.1) is 0 Å². The van der Waals surface area contributed by atoms with E-state index >= 15 is 0 Å². The molecule has 1 amide bonds. The number of anilines is 1. The van der Waals surface area contributed by atoms with Gasteiger partial charge in [0, 0.05) is 17.3 Å². The number of aliphatic hydroxyl groups excluding tert-OH is 1. The number of hydrogen-bond donors (Lipinski definition) is 2. The van der Waals surface area contributed by atoms with Crippen LogP contribution in [0.25, 0.3) is 5.76 Å². The normalized spacial score (nSPS) is 17.9. The molecule has 5 rings (SSSR count). The molecule has 9 nitrogen and oxygen atoms in total. The highest BCUT2D eigenvalue weighted by Crippen LogP contribution is 2.45. The number of ether oxygens (including phenoxy) is 4. The Balaban J connectivity index is 1.70. The molecule has 2 heterocycles. The minimum absolute atomic E-state index is 0.0854. The molecule has 38 heavy (non-hydrogen) atoms. The van der Waals surface area contributed by atoms with E-state index in [1.54, 1.807) is 61.5 Å². The van der Waals surface area contributed by atoms with Crippen molar-refractivity contribution < 1.29 is 38.7 Å². The fourth-order valence-electron chi connectivity index (χ4n) is 4.62. The van der Waals surface area contributed by atoms with E-state index in [0.717, 1.165) is 0 Å². The number of phenolic OH excluding ortho intramolecular Hbond substituents is 1. The Morgan fingerprint density at radius 2 is 1.71 bits per heavy atom. The number of rotatable bonds is 7. The number of amides is 1. The van der Waals surface area contributed by atoms with Crippen LogP contribution in [0.5, 0.6) is 28.7 Å². The van der Waals surface area contributed by atoms with Crippen LogP contribution in [0.15, 0.2) is 66.2 Å². The highest BCUT2D eigenvalue weighted by molar-refractivity contribution is 6.51. The van der Waals surface area contributed by atoms with Crippen LogP contribution in [0.2, 0.25) is 0 Å². The molecule has 0 radical (unpaired) electrons. The number of aromatic hydroxyl groups is 1. The maximum absolute atomic E-state index is 13.5. The van der Waals surface area contributed by atoms with Crippen molar-refractivity contribution in [3.8, 4) is 28.7 Å². The quantitative estimate of drug-likeness (QED) is 0.266. The van der Waals surface area contributed by atoms with Gasteiger partial charge in [0.25, 0.3) is 11.7 Å². The molecule has 1 atom stereocenters. The second kappa shape index (κ2) is 10.4. The zero-order chi connectivity index (χ0) is 26.8. The van der Waals surface area contributed by atoms with E-state index in [9.17, 15) is 19.8 Å². The lowest BCUT2D eigenvalue weighted by Crippen LogP contribution is -2.29. The second-order valence-corrected chi connectivity index (χ2v) is 8.62. The SMILES string of the molecule is CCOc1cccc(N2C(=O)C(=O)/C(=C(/O)c3ccc4c(c3)OCCO4)C2c2ccc(O)c(OCC)c2)c1. The molecule has 0 aliphatic carbocycles. The number of carbonyl (C=O) groups is 2. The number of Topliss-reactive ketones (excluding diaryl/α,β-unsaturated/α-hetero) is 1. The molecule has 3 aromatic carbocycles. The Labute approximate surface area is 219 Å². The Bertz CT molecular complexity index is 1430. The van der Waals surface area contributed by atoms with Crippen LogP contribution in [0, 0.1) is 0 Å². The summed E-state index contributed by atoms with van der Waals surface area (Å²) in [5, 5.41) is 21.7. The molecule has 1 saturated heterocycles. The maximum Gasteiger partial charge on any atom is 0.300 e. The molecular weight excluding hydrogens is 490 g/mol. The Morgan fingerprint density at radius 1 is 0.947 bits per heavy atom. The summed E-state index contributed by atoms with van der Waals surface area (Å²) in [6, 6.07) is 15.2. The van der Waals surface area contributed by atoms with Crippen molar-refractivity contribution in [1.82, 2.24) is 0 Å². The Kier molecular flexibility index (Phi) is 6.83. The van der Waals surface area contributed by atoms with Crippen molar-refractivity contribution in [3.05, 3.63) is 77.4 Å². The number of ketones is 1. The van der Waals surface area contributed by atoms with Crippen LogP contribution in [0.3, 0.4) is 0 Å². The fourth-order valence-corrected chi connectivity index (χ4v) is 4.62. The molecule has 2 aliphatic heterocycles. The van der Waals surface area contributed by atoms with Gasteiger partial charge in [-0.2, -0.15) is 0 Å². The van der Waals surface area contributed by atoms with E-state index in [0.29, 0.717) is 60.5 Å². The fraction of sp³-hybridized carbons (Fsp3) is 0.241. The number of aliphatic hydroxyl groups is 1. The van der Waals surface area contributed by atoms with Crippen molar-refractivity contribution in [3.63, 3.8) is 0 Å². The van der Waals surface area contributed by atoms with Gasteiger partial charge >= 0.3 is 0 Å². The number of nitrogens with zero attached hydrogens (tertiary/aromatic N) is 1. The van der Waals surface area contributed by atoms with Gasteiger partial charge in [0.2, 0.25) is 0 Å². The molecule has 0 spiro atoms. The van der Waals surface area contributed by atoms with E-state index in [1.165, 1.54) is 11.0 Å². The standard InChI is InChI=1S/C29H27NO8/c1-3-35-20-7-5-6-19(16-20)30-26(17-8-10-21(31)23(14-17)36-4-2)25(28(33)29(30)34)27(32)18-9-11-22-24(15-18)38-13-12-37-22/h5-11,14-16,26,31-32H,3-4,12-13H2,1-2H3/b27-25+. The largest absolute Gasteiger partial charge is 0.507 e. The topological polar surface area (TPSA) is 115 Å². The van der Waals surface area contributed by atoms with E-state index in [1.807, 2.05) is 6.92 Å². The summed E-state index contributed by atoms with van der Waals surface area (Å²) in [5.74, 6) is -0.436. The van der Waals surface area contributed by atoms with Gasteiger partial charge in [-0.1, -0.05) is 12.1 Å². The van der Waals surface area contributed by atoms with Gasteiger partial charge in [0.05, 0.1) is 24.8 Å². The van der Waals surface area contributed by atoms with Crippen molar-refractivity contribution in [1.29, 1.82) is 0 Å². The number of benzene rings is 3. The van der Waals surface area contributed by atoms with Gasteiger partial charge in [-0.3, -0.25) is 14.5 Å². The number of hydrogen-bond acceptors (Lipinski definition) is 8. The zero-order valence-electron chi connectivity index (χ0n) is 21.0. The zero-order valence-corrected chi connectivity index (χ0v) is 21.0. The van der Waals surface area contributed by atoms with Crippen molar-refractivity contribution in [2.24, 2.45) is 0 Å². The van der Waals surface area contributed by atoms with Crippen LogP contribution in [-0.4, -0.2) is 48.3 Å². The molecule has 1 fully saturated rings. The van der Waals surface area contributed by atoms with Crippen molar-refractivity contribution in [2.75, 3.05) is 31.3 Å². The van der Waals surface area contributed by atoms with E-state index in [4.69, 9.17) is 18.9 Å². The lowest BCUT2D eigenvalue weighted by atomic mass is 9.94. The van der Waals surface area contributed by atoms with Crippen LogP contribution < -0.4 is 23.8 Å². The van der Waals surface area contributed by atoms with E-state index in [2.05, 4.69) is 0 Å². The summed E-state index contributed by atoms with van der Waals surface area (Å²) in [6.45, 7) is 5.10. The maximum atomic E-state index is 13.5. The second-order valence-electron chi connectivity index (χ2n) is 8.62. The van der Waals surface area contributed by atoms with Crippen LogP contribution in [0.1, 0.15) is 31.0 Å². The predicted octanol–water partition coefficient (Wildman–Crippen LogP) is 4.59. The van der Waals surface area contributed by atoms with Crippen LogP contribution in [0.4, 0.5) is 5.69 Å². The molecule has 0 bridgehead atoms. The smallest absolute Gasteiger partial charge is 0.300 e. The number of carbonyl (C=O) groups excluding carboxylic acids is 2. The Morgan fingerprint density at radius 3 is 2.47 bits per heavy atom. The monoisotopic (exact) mass is 517 g/mol. The van der Waals surface area contributed by atoms with Crippen LogP contribution >= 0.6 is 0 Å². The molecule has 196 valence electrons. The van der Waals surface area contributed by atoms with Gasteiger partial charge in [0.15, 0.2) is 23.0 Å². The number of fused-ring (bicyclic) bond motifs is 1. The average Bonchev–Trinajstić information content (AvgIpc) is 3.19. The van der Waals surface area contributed by atoms with Gasteiger partial charge < -0.3 is 29.2 Å². The van der Waals surface area contributed by atoms with Crippen molar-refractivity contribution in [2.45, 2.75) is 19.9 Å².